The highest BCUT2D eigenvalue weighted by Gasteiger charge is 2.34. The van der Waals surface area contributed by atoms with Gasteiger partial charge in [-0.15, -0.1) is 0 Å². The molecule has 2 heterocycles. The van der Waals surface area contributed by atoms with Crippen LogP contribution in [0.5, 0.6) is 0 Å². The predicted molar refractivity (Wildman–Crippen MR) is 70.3 cm³/mol. The summed E-state index contributed by atoms with van der Waals surface area (Å²) in [7, 11) is 1.67. The number of hydrogen-bond donors (Lipinski definition) is 2. The maximum atomic E-state index is 11.5. The second-order valence-electron chi connectivity index (χ2n) is 4.41. The summed E-state index contributed by atoms with van der Waals surface area (Å²) in [6, 6.07) is 9.06. The molecule has 0 saturated carbocycles. The SMILES string of the molecule is CN1C(=O)NC(=N)C1c1cnn(-c2ccccc2)c1. The predicted octanol–water partition coefficient (Wildman–Crippen LogP) is 1.55. The molecule has 1 aromatic heterocycles. The maximum Gasteiger partial charge on any atom is 0.323 e. The first-order chi connectivity index (χ1) is 9.16. The number of carbonyl (C=O) groups is 1. The van der Waals surface area contributed by atoms with Crippen LogP contribution in [0.1, 0.15) is 11.6 Å². The highest BCUT2D eigenvalue weighted by atomic mass is 16.2. The number of benzene rings is 1. The van der Waals surface area contributed by atoms with Crippen molar-refractivity contribution >= 4 is 11.9 Å². The molecule has 2 amide bonds. The Labute approximate surface area is 110 Å². The lowest BCUT2D eigenvalue weighted by Gasteiger charge is -2.15. The lowest BCUT2D eigenvalue weighted by molar-refractivity contribution is 0.217. The second-order valence-corrected chi connectivity index (χ2v) is 4.41. The molecule has 2 aromatic rings. The van der Waals surface area contributed by atoms with Crippen LogP contribution in [0.2, 0.25) is 0 Å². The number of rotatable bonds is 2. The molecule has 0 bridgehead atoms. The molecule has 19 heavy (non-hydrogen) atoms. The van der Waals surface area contributed by atoms with Crippen LogP contribution in [0.3, 0.4) is 0 Å². The van der Waals surface area contributed by atoms with Gasteiger partial charge in [0.15, 0.2) is 0 Å². The summed E-state index contributed by atoms with van der Waals surface area (Å²) in [6.07, 6.45) is 3.52. The molecule has 6 nitrogen and oxygen atoms in total. The lowest BCUT2D eigenvalue weighted by atomic mass is 10.1. The molecule has 1 fully saturated rings. The van der Waals surface area contributed by atoms with E-state index >= 15 is 0 Å². The Balaban J connectivity index is 1.94. The fraction of sp³-hybridized carbons (Fsp3) is 0.154. The third-order valence-electron chi connectivity index (χ3n) is 3.16. The number of amidine groups is 1. The van der Waals surface area contributed by atoms with Crippen LogP contribution in [0.25, 0.3) is 5.69 Å². The van der Waals surface area contributed by atoms with Gasteiger partial charge in [0.05, 0.1) is 11.9 Å². The molecule has 96 valence electrons. The van der Waals surface area contributed by atoms with Crippen molar-refractivity contribution in [1.82, 2.24) is 20.0 Å². The average molecular weight is 255 g/mol. The largest absolute Gasteiger partial charge is 0.323 e. The van der Waals surface area contributed by atoms with Gasteiger partial charge in [0, 0.05) is 18.8 Å². The van der Waals surface area contributed by atoms with Gasteiger partial charge in [-0.25, -0.2) is 9.48 Å². The van der Waals surface area contributed by atoms with Crippen molar-refractivity contribution in [2.24, 2.45) is 0 Å². The van der Waals surface area contributed by atoms with Crippen molar-refractivity contribution in [3.05, 3.63) is 48.3 Å². The number of urea groups is 1. The fourth-order valence-electron chi connectivity index (χ4n) is 2.17. The van der Waals surface area contributed by atoms with Crippen LogP contribution in [-0.2, 0) is 0 Å². The summed E-state index contributed by atoms with van der Waals surface area (Å²) in [6.45, 7) is 0. The summed E-state index contributed by atoms with van der Waals surface area (Å²) in [5.74, 6) is 0.181. The highest BCUT2D eigenvalue weighted by molar-refractivity contribution is 6.05. The third-order valence-corrected chi connectivity index (χ3v) is 3.16. The molecular weight excluding hydrogens is 242 g/mol. The fourth-order valence-corrected chi connectivity index (χ4v) is 2.17. The van der Waals surface area contributed by atoms with Crippen LogP contribution in [0.4, 0.5) is 4.79 Å². The highest BCUT2D eigenvalue weighted by Crippen LogP contribution is 2.24. The number of nitrogens with zero attached hydrogens (tertiary/aromatic N) is 3. The van der Waals surface area contributed by atoms with Gasteiger partial charge < -0.3 is 4.90 Å². The number of nitrogens with one attached hydrogen (secondary N) is 2. The molecule has 2 N–H and O–H groups in total. The Morgan fingerprint density at radius 3 is 2.68 bits per heavy atom. The number of hydrogen-bond acceptors (Lipinski definition) is 3. The number of para-hydroxylation sites is 1. The average Bonchev–Trinajstić information content (AvgIpc) is 2.97. The van der Waals surface area contributed by atoms with E-state index in [0.717, 1.165) is 11.3 Å². The van der Waals surface area contributed by atoms with Crippen LogP contribution < -0.4 is 5.32 Å². The van der Waals surface area contributed by atoms with Crippen LogP contribution in [0.15, 0.2) is 42.7 Å². The topological polar surface area (TPSA) is 74.0 Å². The van der Waals surface area contributed by atoms with Gasteiger partial charge in [-0.3, -0.25) is 10.7 Å². The van der Waals surface area contributed by atoms with Crippen LogP contribution in [0, 0.1) is 5.41 Å². The zero-order chi connectivity index (χ0) is 13.4. The van der Waals surface area contributed by atoms with Crippen molar-refractivity contribution in [2.45, 2.75) is 6.04 Å². The van der Waals surface area contributed by atoms with E-state index in [1.165, 1.54) is 4.90 Å². The molecule has 1 unspecified atom stereocenters. The Hall–Kier alpha value is -2.63. The van der Waals surface area contributed by atoms with Crippen LogP contribution in [-0.4, -0.2) is 33.6 Å². The summed E-state index contributed by atoms with van der Waals surface area (Å²) < 4.78 is 1.74. The molecule has 0 spiro atoms. The second kappa shape index (κ2) is 4.24. The minimum atomic E-state index is -0.384. The van der Waals surface area contributed by atoms with Gasteiger partial charge in [-0.05, 0) is 12.1 Å². The molecule has 1 aromatic carbocycles. The standard InChI is InChI=1S/C13H13N5O/c1-17-11(12(14)16-13(17)19)9-7-15-18(8-9)10-5-3-2-4-6-10/h2-8,11H,1H3,(H2,14,16,19). The first-order valence-corrected chi connectivity index (χ1v) is 5.89. The molecule has 0 radical (unpaired) electrons. The first-order valence-electron chi connectivity index (χ1n) is 5.89. The molecule has 6 heteroatoms. The van der Waals surface area contributed by atoms with Crippen molar-refractivity contribution in [2.75, 3.05) is 7.05 Å². The van der Waals surface area contributed by atoms with Crippen molar-refractivity contribution < 1.29 is 4.79 Å². The van der Waals surface area contributed by atoms with E-state index in [-0.39, 0.29) is 17.9 Å². The molecule has 1 atom stereocenters. The molecule has 1 aliphatic rings. The third kappa shape index (κ3) is 1.87. The summed E-state index contributed by atoms with van der Waals surface area (Å²) in [5, 5.41) is 14.6. The van der Waals surface area contributed by atoms with E-state index in [1.807, 2.05) is 36.5 Å². The molecule has 1 aliphatic heterocycles. The number of carbonyl (C=O) groups excluding carboxylic acids is 1. The Morgan fingerprint density at radius 2 is 2.05 bits per heavy atom. The van der Waals surface area contributed by atoms with Gasteiger partial charge in [-0.2, -0.15) is 5.10 Å². The maximum absolute atomic E-state index is 11.5. The number of amides is 2. The van der Waals surface area contributed by atoms with Gasteiger partial charge >= 0.3 is 6.03 Å². The quantitative estimate of drug-likeness (QED) is 0.854. The van der Waals surface area contributed by atoms with E-state index < -0.39 is 0 Å². The van der Waals surface area contributed by atoms with Gasteiger partial charge in [0.2, 0.25) is 0 Å². The Kier molecular flexibility index (Phi) is 2.56. The van der Waals surface area contributed by atoms with Gasteiger partial charge in [-0.1, -0.05) is 18.2 Å². The molecule has 0 aliphatic carbocycles. The smallest absolute Gasteiger partial charge is 0.313 e. The van der Waals surface area contributed by atoms with Crippen molar-refractivity contribution in [1.29, 1.82) is 5.41 Å². The summed E-state index contributed by atoms with van der Waals surface area (Å²) in [5.41, 5.74) is 1.76. The minimum Gasteiger partial charge on any atom is -0.313 e. The summed E-state index contributed by atoms with van der Waals surface area (Å²) >= 11 is 0. The van der Waals surface area contributed by atoms with Crippen molar-refractivity contribution in [3.63, 3.8) is 0 Å². The van der Waals surface area contributed by atoms with Crippen molar-refractivity contribution in [3.8, 4) is 5.69 Å². The van der Waals surface area contributed by atoms with E-state index in [2.05, 4.69) is 10.4 Å². The van der Waals surface area contributed by atoms with Gasteiger partial charge in [0.1, 0.15) is 11.9 Å². The number of aromatic nitrogens is 2. The molecular formula is C13H13N5O. The number of likely N-dealkylation sites (N-methyl/N-ethyl adjacent to an activating group) is 1. The molecule has 1 saturated heterocycles. The van der Waals surface area contributed by atoms with E-state index in [0.29, 0.717) is 0 Å². The van der Waals surface area contributed by atoms with Crippen LogP contribution >= 0.6 is 0 Å². The summed E-state index contributed by atoms with van der Waals surface area (Å²) in [4.78, 5) is 13.0. The molecule has 3 rings (SSSR count). The Bertz CT molecular complexity index is 633. The minimum absolute atomic E-state index is 0.181. The zero-order valence-corrected chi connectivity index (χ0v) is 10.4. The van der Waals surface area contributed by atoms with E-state index in [1.54, 1.807) is 17.9 Å². The zero-order valence-electron chi connectivity index (χ0n) is 10.4. The lowest BCUT2D eigenvalue weighted by Crippen LogP contribution is -2.25. The van der Waals surface area contributed by atoms with E-state index in [4.69, 9.17) is 5.41 Å². The normalized spacial score (nSPS) is 18.8. The van der Waals surface area contributed by atoms with E-state index in [9.17, 15) is 4.79 Å². The Morgan fingerprint density at radius 1 is 1.32 bits per heavy atom. The first kappa shape index (κ1) is 11.5. The van der Waals surface area contributed by atoms with Gasteiger partial charge in [0.25, 0.3) is 0 Å². The monoisotopic (exact) mass is 255 g/mol.